The first-order valence-electron chi connectivity index (χ1n) is 8.26. The van der Waals surface area contributed by atoms with Gasteiger partial charge in [0.2, 0.25) is 0 Å². The standard InChI is InChI=1S/C19H24ClN3OS/c1-14-8-9-18(16(20)13-14)22-19(25)23(11-6-12-24-3)15(2)17-7-4-5-10-21-17/h4-5,7-10,13,15H,6,11-12H2,1-3H3,(H,22,25). The summed E-state index contributed by atoms with van der Waals surface area (Å²) in [5.74, 6) is 0. The fourth-order valence-corrected chi connectivity index (χ4v) is 3.18. The molecule has 0 bridgehead atoms. The number of aryl methyl sites for hydroxylation is 1. The van der Waals surface area contributed by atoms with E-state index in [2.05, 4.69) is 22.1 Å². The summed E-state index contributed by atoms with van der Waals surface area (Å²) in [6.45, 7) is 5.55. The lowest BCUT2D eigenvalue weighted by molar-refractivity contribution is 0.181. The van der Waals surface area contributed by atoms with E-state index in [1.165, 1.54) is 0 Å². The van der Waals surface area contributed by atoms with E-state index in [0.717, 1.165) is 29.9 Å². The molecule has 0 amide bonds. The lowest BCUT2D eigenvalue weighted by Gasteiger charge is -2.31. The number of pyridine rings is 1. The topological polar surface area (TPSA) is 37.4 Å². The van der Waals surface area contributed by atoms with Crippen LogP contribution >= 0.6 is 23.8 Å². The van der Waals surface area contributed by atoms with Gasteiger partial charge in [0.05, 0.1) is 22.4 Å². The van der Waals surface area contributed by atoms with Crippen molar-refractivity contribution in [1.82, 2.24) is 9.88 Å². The van der Waals surface area contributed by atoms with Gasteiger partial charge in [-0.05, 0) is 62.3 Å². The molecular formula is C19H24ClN3OS. The molecule has 0 spiro atoms. The van der Waals surface area contributed by atoms with Gasteiger partial charge in [-0.15, -0.1) is 0 Å². The van der Waals surface area contributed by atoms with E-state index < -0.39 is 0 Å². The quantitative estimate of drug-likeness (QED) is 0.552. The number of hydrogen-bond acceptors (Lipinski definition) is 3. The molecule has 2 rings (SSSR count). The molecule has 0 fully saturated rings. The average Bonchev–Trinajstić information content (AvgIpc) is 2.61. The smallest absolute Gasteiger partial charge is 0.174 e. The number of halogens is 1. The van der Waals surface area contributed by atoms with Crippen LogP contribution in [0.5, 0.6) is 0 Å². The average molecular weight is 378 g/mol. The second kappa shape index (κ2) is 9.70. The van der Waals surface area contributed by atoms with Gasteiger partial charge >= 0.3 is 0 Å². The van der Waals surface area contributed by atoms with Crippen LogP contribution in [0.2, 0.25) is 5.02 Å². The molecule has 134 valence electrons. The molecule has 4 nitrogen and oxygen atoms in total. The number of ether oxygens (including phenoxy) is 1. The van der Waals surface area contributed by atoms with E-state index in [1.54, 1.807) is 13.3 Å². The Kier molecular flexibility index (Phi) is 7.62. The van der Waals surface area contributed by atoms with Crippen LogP contribution in [0.3, 0.4) is 0 Å². The van der Waals surface area contributed by atoms with Crippen molar-refractivity contribution in [2.75, 3.05) is 25.6 Å². The van der Waals surface area contributed by atoms with E-state index in [1.807, 2.05) is 43.3 Å². The molecule has 0 saturated heterocycles. The Labute approximate surface area is 160 Å². The van der Waals surface area contributed by atoms with Crippen molar-refractivity contribution < 1.29 is 4.74 Å². The van der Waals surface area contributed by atoms with E-state index in [4.69, 9.17) is 28.6 Å². The van der Waals surface area contributed by atoms with Crippen LogP contribution in [-0.2, 0) is 4.74 Å². The molecule has 6 heteroatoms. The van der Waals surface area contributed by atoms with Crippen LogP contribution in [0, 0.1) is 6.92 Å². The molecule has 1 atom stereocenters. The minimum Gasteiger partial charge on any atom is -0.385 e. The molecule has 25 heavy (non-hydrogen) atoms. The highest BCUT2D eigenvalue weighted by molar-refractivity contribution is 7.80. The summed E-state index contributed by atoms with van der Waals surface area (Å²) in [6.07, 6.45) is 2.67. The zero-order valence-electron chi connectivity index (χ0n) is 14.8. The van der Waals surface area contributed by atoms with E-state index >= 15 is 0 Å². The Morgan fingerprint density at radius 3 is 2.80 bits per heavy atom. The molecule has 1 aromatic carbocycles. The Balaban J connectivity index is 2.17. The third-order valence-electron chi connectivity index (χ3n) is 3.96. The molecule has 1 heterocycles. The summed E-state index contributed by atoms with van der Waals surface area (Å²) in [4.78, 5) is 6.58. The monoisotopic (exact) mass is 377 g/mol. The summed E-state index contributed by atoms with van der Waals surface area (Å²) in [5, 5.41) is 4.55. The Bertz CT molecular complexity index is 696. The maximum absolute atomic E-state index is 6.33. The zero-order chi connectivity index (χ0) is 18.2. The SMILES string of the molecule is COCCCN(C(=S)Nc1ccc(C)cc1Cl)C(C)c1ccccn1. The molecule has 0 radical (unpaired) electrons. The van der Waals surface area contributed by atoms with Crippen molar-refractivity contribution in [3.63, 3.8) is 0 Å². The zero-order valence-corrected chi connectivity index (χ0v) is 16.4. The number of rotatable bonds is 7. The fraction of sp³-hybridized carbons (Fsp3) is 0.368. The van der Waals surface area contributed by atoms with Crippen molar-refractivity contribution in [3.8, 4) is 0 Å². The summed E-state index contributed by atoms with van der Waals surface area (Å²) in [5.41, 5.74) is 2.89. The summed E-state index contributed by atoms with van der Waals surface area (Å²) in [6, 6.07) is 11.8. The van der Waals surface area contributed by atoms with Crippen molar-refractivity contribution in [1.29, 1.82) is 0 Å². The maximum atomic E-state index is 6.33. The third kappa shape index (κ3) is 5.66. The summed E-state index contributed by atoms with van der Waals surface area (Å²) >= 11 is 12.0. The van der Waals surface area contributed by atoms with Crippen LogP contribution in [0.4, 0.5) is 5.69 Å². The van der Waals surface area contributed by atoms with Crippen molar-refractivity contribution in [3.05, 3.63) is 58.9 Å². The molecule has 0 aliphatic carbocycles. The summed E-state index contributed by atoms with van der Waals surface area (Å²) < 4.78 is 5.18. The lowest BCUT2D eigenvalue weighted by Crippen LogP contribution is -2.38. The van der Waals surface area contributed by atoms with E-state index in [-0.39, 0.29) is 6.04 Å². The molecule has 1 unspecified atom stereocenters. The number of aromatic nitrogens is 1. The minimum atomic E-state index is 0.0438. The Morgan fingerprint density at radius 2 is 2.16 bits per heavy atom. The predicted octanol–water partition coefficient (Wildman–Crippen LogP) is 4.84. The molecule has 2 aromatic rings. The number of thiocarbonyl (C=S) groups is 1. The number of anilines is 1. The van der Waals surface area contributed by atoms with E-state index in [0.29, 0.717) is 16.7 Å². The molecule has 0 aliphatic heterocycles. The maximum Gasteiger partial charge on any atom is 0.174 e. The molecule has 0 saturated carbocycles. The van der Waals surface area contributed by atoms with Crippen molar-refractivity contribution in [2.45, 2.75) is 26.3 Å². The fourth-order valence-electron chi connectivity index (χ4n) is 2.54. The second-order valence-electron chi connectivity index (χ2n) is 5.88. The van der Waals surface area contributed by atoms with Crippen LogP contribution in [0.1, 0.15) is 30.6 Å². The lowest BCUT2D eigenvalue weighted by atomic mass is 10.2. The first kappa shape index (κ1) is 19.6. The molecular weight excluding hydrogens is 354 g/mol. The number of nitrogens with one attached hydrogen (secondary N) is 1. The van der Waals surface area contributed by atoms with Gasteiger partial charge in [0.15, 0.2) is 5.11 Å². The van der Waals surface area contributed by atoms with Crippen molar-refractivity contribution >= 4 is 34.6 Å². The Hall–Kier alpha value is -1.69. The second-order valence-corrected chi connectivity index (χ2v) is 6.68. The normalized spacial score (nSPS) is 11.8. The number of hydrogen-bond donors (Lipinski definition) is 1. The Morgan fingerprint density at radius 1 is 1.36 bits per heavy atom. The van der Waals surface area contributed by atoms with Crippen LogP contribution in [0.15, 0.2) is 42.6 Å². The van der Waals surface area contributed by atoms with Gasteiger partial charge in [0.25, 0.3) is 0 Å². The van der Waals surface area contributed by atoms with Gasteiger partial charge < -0.3 is 15.0 Å². The largest absolute Gasteiger partial charge is 0.385 e. The minimum absolute atomic E-state index is 0.0438. The number of benzene rings is 1. The first-order chi connectivity index (χ1) is 12.0. The van der Waals surface area contributed by atoms with Gasteiger partial charge in [0.1, 0.15) is 0 Å². The van der Waals surface area contributed by atoms with Gasteiger partial charge in [-0.2, -0.15) is 0 Å². The van der Waals surface area contributed by atoms with Gasteiger partial charge in [-0.1, -0.05) is 23.7 Å². The number of nitrogens with zero attached hydrogens (tertiary/aromatic N) is 2. The summed E-state index contributed by atoms with van der Waals surface area (Å²) in [7, 11) is 1.70. The third-order valence-corrected chi connectivity index (χ3v) is 4.61. The highest BCUT2D eigenvalue weighted by atomic mass is 35.5. The molecule has 0 aliphatic rings. The van der Waals surface area contributed by atoms with Crippen LogP contribution < -0.4 is 5.32 Å². The van der Waals surface area contributed by atoms with E-state index in [9.17, 15) is 0 Å². The predicted molar refractivity (Wildman–Crippen MR) is 108 cm³/mol. The molecule has 1 aromatic heterocycles. The highest BCUT2D eigenvalue weighted by Crippen LogP contribution is 2.25. The van der Waals surface area contributed by atoms with Crippen LogP contribution in [0.25, 0.3) is 0 Å². The van der Waals surface area contributed by atoms with Crippen LogP contribution in [-0.4, -0.2) is 35.3 Å². The highest BCUT2D eigenvalue weighted by Gasteiger charge is 2.20. The molecule has 1 N–H and O–H groups in total. The van der Waals surface area contributed by atoms with Gasteiger partial charge in [-0.25, -0.2) is 0 Å². The first-order valence-corrected chi connectivity index (χ1v) is 9.05. The van der Waals surface area contributed by atoms with Crippen molar-refractivity contribution in [2.24, 2.45) is 0 Å². The number of methoxy groups -OCH3 is 1. The van der Waals surface area contributed by atoms with Gasteiger partial charge in [0, 0.05) is 26.5 Å². The van der Waals surface area contributed by atoms with Gasteiger partial charge in [-0.3, -0.25) is 4.98 Å².